The number of rotatable bonds is 8. The van der Waals surface area contributed by atoms with Gasteiger partial charge in [-0.05, 0) is 21.5 Å². The molecular weight excluding hydrogens is 506 g/mol. The van der Waals surface area contributed by atoms with E-state index in [4.69, 9.17) is 4.84 Å². The number of carbonyl (C=O) groups excluding carboxylic acids is 3. The molecule has 0 aromatic carbocycles. The number of amides is 3. The van der Waals surface area contributed by atoms with Gasteiger partial charge in [0.05, 0.1) is 6.61 Å². The molecule has 3 rings (SSSR count). The van der Waals surface area contributed by atoms with Crippen molar-refractivity contribution in [2.45, 2.75) is 11.4 Å². The summed E-state index contributed by atoms with van der Waals surface area (Å²) >= 11 is 5.51. The van der Waals surface area contributed by atoms with Gasteiger partial charge >= 0.3 is 5.97 Å². The van der Waals surface area contributed by atoms with Crippen molar-refractivity contribution in [1.29, 1.82) is 0 Å². The van der Waals surface area contributed by atoms with Crippen LogP contribution in [0.5, 0.6) is 0 Å². The number of aliphatic hydroxyl groups excluding tert-OH is 1. The molecule has 1 aromatic heterocycles. The number of aromatic nitrogens is 1. The van der Waals surface area contributed by atoms with Gasteiger partial charge in [0.25, 0.3) is 11.8 Å². The van der Waals surface area contributed by atoms with Crippen LogP contribution in [0.4, 0.5) is 5.13 Å². The molecule has 30 heavy (non-hydrogen) atoms. The number of carbonyl (C=O) groups is 4. The first kappa shape index (κ1) is 22.2. The number of nitrogens with zero attached hydrogens (tertiary/aromatic N) is 3. The molecule has 0 bridgehead atoms. The van der Waals surface area contributed by atoms with E-state index in [1.807, 2.05) is 0 Å². The SMILES string of the molecule is CON=C(C(=O)NC1C(=O)N2C(C(=O)O)=C(CO)CS[C@H]12)c1nc(NC=O)sc1Br. The second-order valence-corrected chi connectivity index (χ2v) is 9.22. The van der Waals surface area contributed by atoms with E-state index in [1.54, 1.807) is 0 Å². The van der Waals surface area contributed by atoms with Crippen molar-refractivity contribution in [3.63, 3.8) is 0 Å². The second kappa shape index (κ2) is 9.11. The first-order valence-electron chi connectivity index (χ1n) is 8.13. The van der Waals surface area contributed by atoms with E-state index in [0.29, 0.717) is 10.2 Å². The van der Waals surface area contributed by atoms with Crippen LogP contribution in [-0.4, -0.2) is 80.9 Å². The largest absolute Gasteiger partial charge is 0.477 e. The van der Waals surface area contributed by atoms with E-state index in [-0.39, 0.29) is 33.6 Å². The Morgan fingerprint density at radius 2 is 2.23 bits per heavy atom. The fraction of sp³-hybridized carbons (Fsp3) is 0.333. The van der Waals surface area contributed by atoms with Gasteiger partial charge in [0.1, 0.15) is 33.7 Å². The lowest BCUT2D eigenvalue weighted by Gasteiger charge is -2.49. The van der Waals surface area contributed by atoms with Crippen LogP contribution in [0.25, 0.3) is 0 Å². The first-order chi connectivity index (χ1) is 14.3. The maximum atomic E-state index is 12.8. The van der Waals surface area contributed by atoms with E-state index in [0.717, 1.165) is 16.2 Å². The van der Waals surface area contributed by atoms with Crippen LogP contribution < -0.4 is 10.6 Å². The van der Waals surface area contributed by atoms with Crippen molar-refractivity contribution in [2.75, 3.05) is 24.8 Å². The number of fused-ring (bicyclic) bond motifs is 1. The predicted octanol–water partition coefficient (Wildman–Crippen LogP) is -0.445. The quantitative estimate of drug-likeness (QED) is 0.154. The summed E-state index contributed by atoms with van der Waals surface area (Å²) in [5, 5.41) is 26.9. The maximum Gasteiger partial charge on any atom is 0.352 e. The number of aliphatic hydroxyl groups is 1. The van der Waals surface area contributed by atoms with Crippen molar-refractivity contribution < 1.29 is 34.2 Å². The van der Waals surface area contributed by atoms with Crippen LogP contribution in [0.1, 0.15) is 5.69 Å². The third-order valence-corrected chi connectivity index (χ3v) is 7.09. The number of thioether (sulfide) groups is 1. The van der Waals surface area contributed by atoms with E-state index in [2.05, 4.69) is 36.7 Å². The van der Waals surface area contributed by atoms with E-state index in [1.165, 1.54) is 18.9 Å². The van der Waals surface area contributed by atoms with Gasteiger partial charge in [-0.2, -0.15) is 0 Å². The summed E-state index contributed by atoms with van der Waals surface area (Å²) in [7, 11) is 1.23. The van der Waals surface area contributed by atoms with Crippen LogP contribution in [-0.2, 0) is 24.0 Å². The van der Waals surface area contributed by atoms with Gasteiger partial charge in [-0.1, -0.05) is 16.5 Å². The molecule has 2 atom stereocenters. The standard InChI is InChI=1S/C15H14BrN5O7S2/c1-28-20-7(6-10(16)30-15(19-6)17-4-23)11(24)18-8-12(25)21-9(14(26)27)5(2-22)3-29-13(8)21/h4,8,13,22H,2-3H2,1H3,(H,18,24)(H,26,27)(H,17,19,23)/t8?,13-/m1/s1. The molecule has 1 saturated heterocycles. The van der Waals surface area contributed by atoms with Gasteiger partial charge < -0.3 is 25.7 Å². The zero-order valence-electron chi connectivity index (χ0n) is 15.1. The fourth-order valence-corrected chi connectivity index (χ4v) is 5.58. The summed E-state index contributed by atoms with van der Waals surface area (Å²) < 4.78 is 0.398. The van der Waals surface area contributed by atoms with E-state index < -0.39 is 35.8 Å². The Morgan fingerprint density at radius 3 is 2.83 bits per heavy atom. The van der Waals surface area contributed by atoms with Crippen LogP contribution >= 0.6 is 39.0 Å². The van der Waals surface area contributed by atoms with Crippen LogP contribution in [0.3, 0.4) is 0 Å². The highest BCUT2D eigenvalue weighted by Gasteiger charge is 2.54. The Bertz CT molecular complexity index is 979. The van der Waals surface area contributed by atoms with Gasteiger partial charge in [0.2, 0.25) is 6.41 Å². The number of β-lactam (4-membered cyclic amide) rings is 1. The Hall–Kier alpha value is -2.49. The summed E-state index contributed by atoms with van der Waals surface area (Å²) in [6.45, 7) is -0.484. The smallest absolute Gasteiger partial charge is 0.352 e. The number of aliphatic carboxylic acids is 1. The van der Waals surface area contributed by atoms with Crippen LogP contribution in [0.15, 0.2) is 20.2 Å². The molecule has 1 fully saturated rings. The molecule has 0 radical (unpaired) electrons. The summed E-state index contributed by atoms with van der Waals surface area (Å²) in [6.07, 6.45) is 0.429. The summed E-state index contributed by atoms with van der Waals surface area (Å²) in [4.78, 5) is 57.3. The number of hydrogen-bond acceptors (Lipinski definition) is 10. The van der Waals surface area contributed by atoms with Gasteiger partial charge in [0.15, 0.2) is 10.8 Å². The van der Waals surface area contributed by atoms with Crippen molar-refractivity contribution in [1.82, 2.24) is 15.2 Å². The Kier molecular flexibility index (Phi) is 6.74. The first-order valence-corrected chi connectivity index (χ1v) is 10.8. The molecule has 1 unspecified atom stereocenters. The third kappa shape index (κ3) is 3.92. The monoisotopic (exact) mass is 519 g/mol. The minimum Gasteiger partial charge on any atom is -0.477 e. The molecule has 3 heterocycles. The molecule has 2 aliphatic rings. The number of carboxylic acids is 1. The Morgan fingerprint density at radius 1 is 1.50 bits per heavy atom. The molecule has 3 amide bonds. The molecular formula is C15H14BrN5O7S2. The number of carboxylic acid groups (broad SMARTS) is 1. The zero-order chi connectivity index (χ0) is 22.0. The lowest BCUT2D eigenvalue weighted by atomic mass is 10.0. The van der Waals surface area contributed by atoms with Crippen LogP contribution in [0, 0.1) is 0 Å². The maximum absolute atomic E-state index is 12.8. The van der Waals surface area contributed by atoms with Gasteiger partial charge in [-0.25, -0.2) is 9.78 Å². The van der Waals surface area contributed by atoms with Gasteiger partial charge in [-0.3, -0.25) is 19.3 Å². The summed E-state index contributed by atoms with van der Waals surface area (Å²) in [6, 6.07) is -0.996. The molecule has 2 aliphatic heterocycles. The molecule has 1 aromatic rings. The number of anilines is 1. The average molecular weight is 520 g/mol. The number of nitrogens with one attached hydrogen (secondary N) is 2. The minimum absolute atomic E-state index is 0.0947. The van der Waals surface area contributed by atoms with Gasteiger partial charge in [0, 0.05) is 5.75 Å². The average Bonchev–Trinajstić information content (AvgIpc) is 3.08. The van der Waals surface area contributed by atoms with Crippen molar-refractivity contribution in [3.8, 4) is 0 Å². The minimum atomic E-state index is -1.33. The number of hydrogen-bond donors (Lipinski definition) is 4. The molecule has 0 saturated carbocycles. The normalized spacial score (nSPS) is 21.0. The number of halogens is 1. The highest BCUT2D eigenvalue weighted by Crippen LogP contribution is 2.40. The number of oxime groups is 1. The highest BCUT2D eigenvalue weighted by atomic mass is 79.9. The molecule has 160 valence electrons. The highest BCUT2D eigenvalue weighted by molar-refractivity contribution is 9.11. The fourth-order valence-electron chi connectivity index (χ4n) is 2.86. The second-order valence-electron chi connectivity index (χ2n) is 5.80. The summed E-state index contributed by atoms with van der Waals surface area (Å²) in [5.74, 6) is -2.52. The topological polar surface area (TPSA) is 171 Å². The number of thiazole rings is 1. The van der Waals surface area contributed by atoms with Crippen LogP contribution in [0.2, 0.25) is 0 Å². The zero-order valence-corrected chi connectivity index (χ0v) is 18.3. The van der Waals surface area contributed by atoms with Crippen molar-refractivity contribution in [3.05, 3.63) is 20.8 Å². The lowest BCUT2D eigenvalue weighted by Crippen LogP contribution is -2.71. The molecule has 0 spiro atoms. The molecule has 0 aliphatic carbocycles. The lowest BCUT2D eigenvalue weighted by molar-refractivity contribution is -0.150. The molecule has 12 nitrogen and oxygen atoms in total. The van der Waals surface area contributed by atoms with Gasteiger partial charge in [-0.15, -0.1) is 11.8 Å². The molecule has 4 N–H and O–H groups in total. The third-order valence-electron chi connectivity index (χ3n) is 4.12. The Balaban J connectivity index is 1.81. The van der Waals surface area contributed by atoms with Crippen molar-refractivity contribution >= 4 is 74.1 Å². The Labute approximate surface area is 185 Å². The van der Waals surface area contributed by atoms with E-state index in [9.17, 15) is 29.4 Å². The molecule has 15 heteroatoms. The predicted molar refractivity (Wildman–Crippen MR) is 110 cm³/mol. The summed E-state index contributed by atoms with van der Waals surface area (Å²) in [5.41, 5.74) is -0.187. The van der Waals surface area contributed by atoms with E-state index >= 15 is 0 Å². The van der Waals surface area contributed by atoms with Crippen molar-refractivity contribution in [2.24, 2.45) is 5.16 Å².